The molecule has 3 rings (SSSR count). The van der Waals surface area contributed by atoms with Crippen molar-refractivity contribution >= 4 is 29.2 Å². The maximum absolute atomic E-state index is 12.3. The van der Waals surface area contributed by atoms with Gasteiger partial charge in [0.2, 0.25) is 0 Å². The maximum atomic E-state index is 12.3. The molecule has 0 aliphatic rings. The number of hydrogen-bond donors (Lipinski definition) is 0. The summed E-state index contributed by atoms with van der Waals surface area (Å²) in [6.45, 7) is 3.95. The van der Waals surface area contributed by atoms with Gasteiger partial charge >= 0.3 is 5.97 Å². The molecule has 0 radical (unpaired) electrons. The Balaban J connectivity index is 1.76. The van der Waals surface area contributed by atoms with Crippen LogP contribution in [0.25, 0.3) is 11.6 Å². The lowest BCUT2D eigenvalue weighted by Crippen LogP contribution is -2.08. The third-order valence-electron chi connectivity index (χ3n) is 4.40. The van der Waals surface area contributed by atoms with Crippen molar-refractivity contribution in [2.45, 2.75) is 13.8 Å². The number of nitriles is 1. The van der Waals surface area contributed by atoms with Crippen LogP contribution in [0.15, 0.2) is 66.7 Å². The van der Waals surface area contributed by atoms with Gasteiger partial charge in [-0.2, -0.15) is 5.26 Å². The van der Waals surface area contributed by atoms with Crippen LogP contribution in [0.2, 0.25) is 5.02 Å². The van der Waals surface area contributed by atoms with Gasteiger partial charge in [0.1, 0.15) is 5.75 Å². The molecule has 0 fully saturated rings. The second-order valence-corrected chi connectivity index (χ2v) is 6.87. The van der Waals surface area contributed by atoms with E-state index in [0.29, 0.717) is 21.9 Å². The van der Waals surface area contributed by atoms with Crippen LogP contribution in [0.3, 0.4) is 0 Å². The van der Waals surface area contributed by atoms with Gasteiger partial charge in [0.15, 0.2) is 0 Å². The summed E-state index contributed by atoms with van der Waals surface area (Å²) >= 11 is 6.00. The number of ether oxygens (including phenoxy) is 1. The zero-order valence-corrected chi connectivity index (χ0v) is 16.3. The molecule has 0 unspecified atom stereocenters. The van der Waals surface area contributed by atoms with E-state index >= 15 is 0 Å². The Bertz CT molecular complexity index is 1090. The highest BCUT2D eigenvalue weighted by atomic mass is 35.5. The molecule has 0 aromatic heterocycles. The number of esters is 1. The Kier molecular flexibility index (Phi) is 5.93. The van der Waals surface area contributed by atoms with Crippen molar-refractivity contribution in [1.29, 1.82) is 5.26 Å². The average Bonchev–Trinajstić information content (AvgIpc) is 2.69. The first-order valence-corrected chi connectivity index (χ1v) is 9.11. The molecule has 28 heavy (non-hydrogen) atoms. The molecule has 0 saturated carbocycles. The quantitative estimate of drug-likeness (QED) is 0.230. The second kappa shape index (κ2) is 8.56. The summed E-state index contributed by atoms with van der Waals surface area (Å²) in [6.07, 6.45) is 1.76. The summed E-state index contributed by atoms with van der Waals surface area (Å²) in [5, 5.41) is 10.0. The van der Waals surface area contributed by atoms with Gasteiger partial charge in [0.25, 0.3) is 0 Å². The molecule has 3 aromatic carbocycles. The van der Waals surface area contributed by atoms with Gasteiger partial charge in [-0.1, -0.05) is 41.9 Å². The van der Waals surface area contributed by atoms with Crippen LogP contribution in [0.4, 0.5) is 0 Å². The molecule has 3 nitrogen and oxygen atoms in total. The van der Waals surface area contributed by atoms with Crippen molar-refractivity contribution in [3.63, 3.8) is 0 Å². The van der Waals surface area contributed by atoms with E-state index in [9.17, 15) is 10.1 Å². The normalized spacial score (nSPS) is 11.0. The molecular weight excluding hydrogens is 370 g/mol. The van der Waals surface area contributed by atoms with Crippen LogP contribution < -0.4 is 4.74 Å². The Morgan fingerprint density at radius 1 is 0.964 bits per heavy atom. The van der Waals surface area contributed by atoms with Crippen molar-refractivity contribution in [2.24, 2.45) is 0 Å². The maximum Gasteiger partial charge on any atom is 0.343 e. The van der Waals surface area contributed by atoms with Crippen molar-refractivity contribution in [1.82, 2.24) is 0 Å². The summed E-state index contributed by atoms with van der Waals surface area (Å²) in [5.41, 5.74) is 4.76. The van der Waals surface area contributed by atoms with E-state index in [2.05, 4.69) is 6.07 Å². The minimum absolute atomic E-state index is 0.400. The topological polar surface area (TPSA) is 50.1 Å². The van der Waals surface area contributed by atoms with Crippen LogP contribution in [-0.4, -0.2) is 5.97 Å². The highest BCUT2D eigenvalue weighted by Crippen LogP contribution is 2.22. The summed E-state index contributed by atoms with van der Waals surface area (Å²) in [6, 6.07) is 21.8. The van der Waals surface area contributed by atoms with E-state index in [1.54, 1.807) is 54.6 Å². The van der Waals surface area contributed by atoms with Crippen LogP contribution in [-0.2, 0) is 0 Å². The number of nitrogens with zero attached hydrogens (tertiary/aromatic N) is 1. The van der Waals surface area contributed by atoms with Gasteiger partial charge < -0.3 is 4.74 Å². The van der Waals surface area contributed by atoms with Gasteiger partial charge in [0.05, 0.1) is 17.2 Å². The molecule has 0 spiro atoms. The third kappa shape index (κ3) is 4.68. The fourth-order valence-corrected chi connectivity index (χ4v) is 2.86. The molecule has 4 heteroatoms. The Morgan fingerprint density at radius 3 is 2.36 bits per heavy atom. The number of rotatable bonds is 4. The molecule has 138 valence electrons. The zero-order valence-electron chi connectivity index (χ0n) is 15.6. The molecule has 0 aliphatic heterocycles. The number of aryl methyl sites for hydroxylation is 2. The van der Waals surface area contributed by atoms with Crippen LogP contribution >= 0.6 is 11.6 Å². The molecule has 0 amide bonds. The Hall–Kier alpha value is -3.35. The average molecular weight is 388 g/mol. The zero-order chi connectivity index (χ0) is 20.1. The fourth-order valence-electron chi connectivity index (χ4n) is 2.67. The summed E-state index contributed by atoms with van der Waals surface area (Å²) < 4.78 is 5.44. The molecule has 0 bridgehead atoms. The monoisotopic (exact) mass is 387 g/mol. The number of carbonyl (C=O) groups is 1. The van der Waals surface area contributed by atoms with Gasteiger partial charge in [-0.3, -0.25) is 0 Å². The van der Waals surface area contributed by atoms with Gasteiger partial charge in [0, 0.05) is 5.02 Å². The smallest absolute Gasteiger partial charge is 0.343 e. The lowest BCUT2D eigenvalue weighted by molar-refractivity contribution is 0.0734. The van der Waals surface area contributed by atoms with Gasteiger partial charge in [-0.15, -0.1) is 0 Å². The van der Waals surface area contributed by atoms with Gasteiger partial charge in [-0.25, -0.2) is 4.79 Å². The highest BCUT2D eigenvalue weighted by molar-refractivity contribution is 6.30. The Labute approximate surface area is 169 Å². The van der Waals surface area contributed by atoms with E-state index in [4.69, 9.17) is 16.3 Å². The predicted molar refractivity (Wildman–Crippen MR) is 112 cm³/mol. The predicted octanol–water partition coefficient (Wildman–Crippen LogP) is 6.24. The van der Waals surface area contributed by atoms with Crippen molar-refractivity contribution in [3.05, 3.63) is 99.6 Å². The largest absolute Gasteiger partial charge is 0.423 e. The van der Waals surface area contributed by atoms with Crippen LogP contribution in [0.1, 0.15) is 32.6 Å². The minimum atomic E-state index is -0.400. The third-order valence-corrected chi connectivity index (χ3v) is 4.64. The molecule has 0 N–H and O–H groups in total. The molecular formula is C24H18ClNO2. The van der Waals surface area contributed by atoms with E-state index in [1.807, 2.05) is 32.0 Å². The van der Waals surface area contributed by atoms with Crippen molar-refractivity contribution < 1.29 is 9.53 Å². The van der Waals surface area contributed by atoms with Gasteiger partial charge in [-0.05, 0) is 78.6 Å². The summed E-state index contributed by atoms with van der Waals surface area (Å²) in [5.74, 6) is 0.0460. The standard InChI is InChI=1S/C24H18ClNO2/c1-16-6-9-20(12-17(16)2)24(27)28-23-10-7-18(8-11-23)13-21(15-26)19-4-3-5-22(25)14-19/h3-14H,1-2H3/b21-13-. The van der Waals surface area contributed by atoms with E-state index in [1.165, 1.54) is 0 Å². The minimum Gasteiger partial charge on any atom is -0.423 e. The summed E-state index contributed by atoms with van der Waals surface area (Å²) in [4.78, 5) is 12.3. The number of halogens is 1. The SMILES string of the molecule is Cc1ccc(C(=O)Oc2ccc(/C=C(/C#N)c3cccc(Cl)c3)cc2)cc1C. The number of hydrogen-bond acceptors (Lipinski definition) is 3. The summed E-state index contributed by atoms with van der Waals surface area (Å²) in [7, 11) is 0. The van der Waals surface area contributed by atoms with E-state index < -0.39 is 5.97 Å². The fraction of sp³-hybridized carbons (Fsp3) is 0.0833. The lowest BCUT2D eigenvalue weighted by Gasteiger charge is -2.07. The highest BCUT2D eigenvalue weighted by Gasteiger charge is 2.10. The lowest BCUT2D eigenvalue weighted by atomic mass is 10.0. The number of allylic oxidation sites excluding steroid dienone is 1. The second-order valence-electron chi connectivity index (χ2n) is 6.44. The number of carbonyl (C=O) groups excluding carboxylic acids is 1. The molecule has 0 heterocycles. The first kappa shape index (κ1) is 19.4. The van der Waals surface area contributed by atoms with Crippen molar-refractivity contribution in [2.75, 3.05) is 0 Å². The molecule has 3 aromatic rings. The van der Waals surface area contributed by atoms with Crippen molar-refractivity contribution in [3.8, 4) is 11.8 Å². The first-order valence-electron chi connectivity index (χ1n) is 8.73. The van der Waals surface area contributed by atoms with E-state index in [-0.39, 0.29) is 0 Å². The number of benzene rings is 3. The molecule has 0 aliphatic carbocycles. The first-order chi connectivity index (χ1) is 13.5. The van der Waals surface area contributed by atoms with Crippen LogP contribution in [0, 0.1) is 25.2 Å². The van der Waals surface area contributed by atoms with E-state index in [0.717, 1.165) is 22.3 Å². The molecule has 0 saturated heterocycles. The Morgan fingerprint density at radius 2 is 1.71 bits per heavy atom. The van der Waals surface area contributed by atoms with Crippen LogP contribution in [0.5, 0.6) is 5.75 Å². The molecule has 0 atom stereocenters.